The summed E-state index contributed by atoms with van der Waals surface area (Å²) in [6.45, 7) is -0.285. The van der Waals surface area contributed by atoms with Crippen LogP contribution in [0.25, 0.3) is 0 Å². The number of rotatable bonds is 17. The number of nitrogens with one attached hydrogen (secondary N) is 3. The van der Waals surface area contributed by atoms with Gasteiger partial charge in [-0.1, -0.05) is 18.6 Å². The Bertz CT molecular complexity index is 856. The number of nitrogens with two attached hydrogens (primary N) is 2. The molecule has 4 atom stereocenters. The molecule has 1 rings (SSSR count). The Balaban J connectivity index is 2.97. The summed E-state index contributed by atoms with van der Waals surface area (Å²) in [5.41, 5.74) is 11.9. The molecule has 0 radical (unpaired) electrons. The van der Waals surface area contributed by atoms with Gasteiger partial charge < -0.3 is 42.7 Å². The molecule has 0 aromatic heterocycles. The molecule has 0 fully saturated rings. The number of benzene rings is 1. The van der Waals surface area contributed by atoms with E-state index in [4.69, 9.17) is 11.5 Å². The lowest BCUT2D eigenvalue weighted by Crippen LogP contribution is -2.58. The number of carbonyl (C=O) groups is 4. The van der Waals surface area contributed by atoms with Crippen LogP contribution in [-0.2, 0) is 25.6 Å². The average Bonchev–Trinajstić information content (AvgIpc) is 2.85. The fourth-order valence-corrected chi connectivity index (χ4v) is 3.70. The molecule has 0 bridgehead atoms. The first-order valence-corrected chi connectivity index (χ1v) is 13.0. The van der Waals surface area contributed by atoms with Crippen LogP contribution in [0.4, 0.5) is 0 Å². The van der Waals surface area contributed by atoms with Crippen LogP contribution in [0.1, 0.15) is 31.2 Å². The number of aliphatic carboxylic acids is 1. The van der Waals surface area contributed by atoms with Crippen molar-refractivity contribution in [3.63, 3.8) is 0 Å². The van der Waals surface area contributed by atoms with Gasteiger partial charge >= 0.3 is 5.97 Å². The molecule has 1 aromatic carbocycles. The highest BCUT2D eigenvalue weighted by Gasteiger charge is 2.30. The molecule has 10 N–H and O–H groups in total. The molecule has 0 saturated carbocycles. The summed E-state index contributed by atoms with van der Waals surface area (Å²) in [6.07, 6.45) is 3.62. The van der Waals surface area contributed by atoms with E-state index in [2.05, 4.69) is 16.0 Å². The van der Waals surface area contributed by atoms with Gasteiger partial charge in [0.1, 0.15) is 23.9 Å². The maximum Gasteiger partial charge on any atom is 0.326 e. The van der Waals surface area contributed by atoms with E-state index in [1.54, 1.807) is 12.1 Å². The number of thioether (sulfide) groups is 1. The zero-order chi connectivity index (χ0) is 27.1. The molecule has 13 heteroatoms. The van der Waals surface area contributed by atoms with Crippen molar-refractivity contribution in [1.82, 2.24) is 16.0 Å². The number of hydrogen-bond acceptors (Lipinski definition) is 9. The minimum atomic E-state index is -1.38. The van der Waals surface area contributed by atoms with Crippen molar-refractivity contribution >= 4 is 35.5 Å². The van der Waals surface area contributed by atoms with E-state index in [9.17, 15) is 34.5 Å². The number of hydrogen-bond donors (Lipinski definition) is 8. The number of amides is 3. The number of aliphatic hydroxyl groups excluding tert-OH is 1. The first-order valence-electron chi connectivity index (χ1n) is 11.6. The fraction of sp³-hybridized carbons (Fsp3) is 0.565. The van der Waals surface area contributed by atoms with E-state index in [-0.39, 0.29) is 18.6 Å². The molecule has 0 aliphatic rings. The minimum absolute atomic E-state index is 0.0117. The van der Waals surface area contributed by atoms with Gasteiger partial charge in [0.15, 0.2) is 0 Å². The molecule has 202 valence electrons. The second-order valence-corrected chi connectivity index (χ2v) is 9.23. The number of carboxylic acids is 1. The van der Waals surface area contributed by atoms with E-state index in [1.165, 1.54) is 23.9 Å². The largest absolute Gasteiger partial charge is 0.508 e. The SMILES string of the molecule is CSCCC(NC(=O)C(Cc1ccc(O)cc1)NC(=O)C(CO)NC(=O)C(N)CCCCN)C(=O)O. The molecule has 4 unspecified atom stereocenters. The molecular weight excluding hydrogens is 490 g/mol. The lowest BCUT2D eigenvalue weighted by Gasteiger charge is -2.24. The van der Waals surface area contributed by atoms with Crippen molar-refractivity contribution in [3.8, 4) is 5.75 Å². The monoisotopic (exact) mass is 527 g/mol. The van der Waals surface area contributed by atoms with Gasteiger partial charge in [-0.2, -0.15) is 11.8 Å². The molecule has 0 heterocycles. The summed E-state index contributed by atoms with van der Waals surface area (Å²) in [7, 11) is 0. The molecular formula is C23H37N5O7S. The molecule has 36 heavy (non-hydrogen) atoms. The van der Waals surface area contributed by atoms with E-state index < -0.39 is 54.5 Å². The van der Waals surface area contributed by atoms with E-state index in [0.29, 0.717) is 37.1 Å². The number of aliphatic hydroxyl groups is 1. The quantitative estimate of drug-likeness (QED) is 0.112. The van der Waals surface area contributed by atoms with Crippen LogP contribution in [0, 0.1) is 0 Å². The van der Waals surface area contributed by atoms with E-state index in [0.717, 1.165) is 0 Å². The third kappa shape index (κ3) is 11.2. The number of phenols is 1. The highest BCUT2D eigenvalue weighted by molar-refractivity contribution is 7.98. The normalized spacial score (nSPS) is 14.2. The molecule has 12 nitrogen and oxygen atoms in total. The molecule has 3 amide bonds. The van der Waals surface area contributed by atoms with Gasteiger partial charge in [-0.3, -0.25) is 14.4 Å². The van der Waals surface area contributed by atoms with Crippen LogP contribution in [0.5, 0.6) is 5.75 Å². The summed E-state index contributed by atoms with van der Waals surface area (Å²) in [6, 6.07) is 1.26. The first-order chi connectivity index (χ1) is 17.1. The van der Waals surface area contributed by atoms with Crippen LogP contribution in [0.2, 0.25) is 0 Å². The standard InChI is InChI=1S/C23H37N5O7S/c1-36-11-9-17(23(34)35)26-21(32)18(12-14-5-7-15(30)8-6-14)27-22(33)19(13-29)28-20(31)16(25)4-2-3-10-24/h5-8,16-19,29-30H,2-4,9-13,24-25H2,1H3,(H,26,32)(H,27,33)(H,28,31)(H,34,35). The fourth-order valence-electron chi connectivity index (χ4n) is 3.23. The first kappa shape index (κ1) is 31.2. The van der Waals surface area contributed by atoms with Crippen molar-refractivity contribution in [3.05, 3.63) is 29.8 Å². The van der Waals surface area contributed by atoms with Crippen LogP contribution in [0.15, 0.2) is 24.3 Å². The molecule has 0 aliphatic heterocycles. The summed E-state index contributed by atoms with van der Waals surface area (Å²) >= 11 is 1.43. The second kappa shape index (κ2) is 16.7. The smallest absolute Gasteiger partial charge is 0.326 e. The van der Waals surface area contributed by atoms with E-state index in [1.807, 2.05) is 6.26 Å². The Kier molecular flexibility index (Phi) is 14.5. The van der Waals surface area contributed by atoms with Gasteiger partial charge in [-0.05, 0) is 55.5 Å². The number of unbranched alkanes of at least 4 members (excludes halogenated alkanes) is 1. The third-order valence-electron chi connectivity index (χ3n) is 5.36. The van der Waals surface area contributed by atoms with Crippen molar-refractivity contribution < 1.29 is 34.5 Å². The van der Waals surface area contributed by atoms with E-state index >= 15 is 0 Å². The Hall–Kier alpha value is -2.87. The second-order valence-electron chi connectivity index (χ2n) is 8.25. The zero-order valence-electron chi connectivity index (χ0n) is 20.3. The van der Waals surface area contributed by atoms with Gasteiger partial charge in [0, 0.05) is 6.42 Å². The average molecular weight is 528 g/mol. The van der Waals surface area contributed by atoms with Crippen LogP contribution in [0.3, 0.4) is 0 Å². The Morgan fingerprint density at radius 3 is 2.06 bits per heavy atom. The van der Waals surface area contributed by atoms with Crippen LogP contribution in [-0.4, -0.2) is 88.3 Å². The number of carbonyl (C=O) groups excluding carboxylic acids is 3. The maximum atomic E-state index is 13.0. The van der Waals surface area contributed by atoms with Gasteiger partial charge in [-0.25, -0.2) is 4.79 Å². The summed E-state index contributed by atoms with van der Waals surface area (Å²) < 4.78 is 0. The van der Waals surface area contributed by atoms with Crippen molar-refractivity contribution in [2.24, 2.45) is 11.5 Å². The lowest BCUT2D eigenvalue weighted by atomic mass is 10.0. The van der Waals surface area contributed by atoms with Gasteiger partial charge in [-0.15, -0.1) is 0 Å². The topological polar surface area (TPSA) is 217 Å². The molecule has 0 aliphatic carbocycles. The summed E-state index contributed by atoms with van der Waals surface area (Å²) in [4.78, 5) is 49.8. The third-order valence-corrected chi connectivity index (χ3v) is 6.00. The number of phenolic OH excluding ortho intramolecular Hbond substituents is 1. The maximum absolute atomic E-state index is 13.0. The Morgan fingerprint density at radius 2 is 1.50 bits per heavy atom. The van der Waals surface area contributed by atoms with Crippen molar-refractivity contribution in [2.45, 2.75) is 56.3 Å². The van der Waals surface area contributed by atoms with Crippen LogP contribution >= 0.6 is 11.8 Å². The summed E-state index contributed by atoms with van der Waals surface area (Å²) in [5.74, 6) is -2.92. The number of aromatic hydroxyl groups is 1. The highest BCUT2D eigenvalue weighted by atomic mass is 32.2. The van der Waals surface area contributed by atoms with Crippen molar-refractivity contribution in [2.75, 3.05) is 25.2 Å². The summed E-state index contributed by atoms with van der Waals surface area (Å²) in [5, 5.41) is 35.9. The predicted octanol–water partition coefficient (Wildman–Crippen LogP) is -1.32. The molecule has 0 spiro atoms. The predicted molar refractivity (Wildman–Crippen MR) is 136 cm³/mol. The Labute approximate surface area is 214 Å². The molecule has 0 saturated heterocycles. The zero-order valence-corrected chi connectivity index (χ0v) is 21.1. The van der Waals surface area contributed by atoms with Gasteiger partial charge in [0.25, 0.3) is 0 Å². The minimum Gasteiger partial charge on any atom is -0.508 e. The lowest BCUT2D eigenvalue weighted by molar-refractivity contribution is -0.142. The highest BCUT2D eigenvalue weighted by Crippen LogP contribution is 2.12. The number of carboxylic acid groups (broad SMARTS) is 1. The molecule has 1 aromatic rings. The Morgan fingerprint density at radius 1 is 0.917 bits per heavy atom. The van der Waals surface area contributed by atoms with Gasteiger partial charge in [0.2, 0.25) is 17.7 Å². The van der Waals surface area contributed by atoms with Crippen LogP contribution < -0.4 is 27.4 Å². The van der Waals surface area contributed by atoms with Gasteiger partial charge in [0.05, 0.1) is 12.6 Å². The van der Waals surface area contributed by atoms with Crippen molar-refractivity contribution in [1.29, 1.82) is 0 Å².